The molecule has 0 spiro atoms. The lowest BCUT2D eigenvalue weighted by Gasteiger charge is -2.36. The van der Waals surface area contributed by atoms with Crippen LogP contribution in [0.2, 0.25) is 0 Å². The quantitative estimate of drug-likeness (QED) is 0.846. The number of hydrogen-bond donors (Lipinski definition) is 1. The first-order valence-corrected chi connectivity index (χ1v) is 10.5. The molecule has 3 rings (SSSR count). The molecule has 0 atom stereocenters. The van der Waals surface area contributed by atoms with E-state index < -0.39 is 0 Å². The second-order valence-corrected chi connectivity index (χ2v) is 8.49. The van der Waals surface area contributed by atoms with Gasteiger partial charge in [0.1, 0.15) is 6.54 Å². The fourth-order valence-corrected chi connectivity index (χ4v) is 4.10. The van der Waals surface area contributed by atoms with E-state index in [9.17, 15) is 9.59 Å². The molecule has 154 valence electrons. The Morgan fingerprint density at radius 1 is 1.18 bits per heavy atom. The molecule has 2 saturated heterocycles. The number of piperidine rings is 1. The standard InChI is InChI=1S/C22H34N4O2/c1-17(2)24-9-7-19(8-10-24)14-23-22(28)26-12-11-25(21(27)16-26)15-20-6-4-5-18(3)13-20/h4-6,13,17,19H,7-12,14-16H2,1-3H3,(H,23,28). The predicted molar refractivity (Wildman–Crippen MR) is 111 cm³/mol. The van der Waals surface area contributed by atoms with E-state index in [2.05, 4.69) is 43.1 Å². The van der Waals surface area contributed by atoms with Crippen LogP contribution in [0.4, 0.5) is 4.79 Å². The molecule has 28 heavy (non-hydrogen) atoms. The minimum atomic E-state index is -0.102. The number of nitrogens with one attached hydrogen (secondary N) is 1. The van der Waals surface area contributed by atoms with Crippen molar-refractivity contribution in [2.45, 2.75) is 46.2 Å². The lowest BCUT2D eigenvalue weighted by Crippen LogP contribution is -2.55. The first kappa shape index (κ1) is 20.6. The third-order valence-electron chi connectivity index (χ3n) is 5.98. The molecule has 1 aromatic rings. The number of urea groups is 1. The van der Waals surface area contributed by atoms with Gasteiger partial charge >= 0.3 is 6.03 Å². The van der Waals surface area contributed by atoms with Crippen molar-refractivity contribution < 1.29 is 9.59 Å². The fraction of sp³-hybridized carbons (Fsp3) is 0.636. The van der Waals surface area contributed by atoms with Gasteiger partial charge in [0.25, 0.3) is 0 Å². The van der Waals surface area contributed by atoms with E-state index in [1.165, 1.54) is 5.56 Å². The molecule has 0 radical (unpaired) electrons. The van der Waals surface area contributed by atoms with Gasteiger partial charge in [0.05, 0.1) is 0 Å². The van der Waals surface area contributed by atoms with Crippen LogP contribution in [0.25, 0.3) is 0 Å². The SMILES string of the molecule is Cc1cccc(CN2CCN(C(=O)NCC3CCN(C(C)C)CC3)CC2=O)c1. The van der Waals surface area contributed by atoms with Crippen LogP contribution in [0.5, 0.6) is 0 Å². The fourth-order valence-electron chi connectivity index (χ4n) is 4.10. The predicted octanol–water partition coefficient (Wildman–Crippen LogP) is 2.47. The molecule has 6 nitrogen and oxygen atoms in total. The molecule has 0 aromatic heterocycles. The highest BCUT2D eigenvalue weighted by atomic mass is 16.2. The lowest BCUT2D eigenvalue weighted by atomic mass is 9.96. The number of nitrogens with zero attached hydrogens (tertiary/aromatic N) is 3. The van der Waals surface area contributed by atoms with Gasteiger partial charge in [-0.25, -0.2) is 4.79 Å². The number of rotatable bonds is 5. The van der Waals surface area contributed by atoms with Gasteiger partial charge in [-0.05, 0) is 58.2 Å². The van der Waals surface area contributed by atoms with Crippen molar-refractivity contribution in [3.63, 3.8) is 0 Å². The summed E-state index contributed by atoms with van der Waals surface area (Å²) in [5.41, 5.74) is 2.33. The number of benzene rings is 1. The van der Waals surface area contributed by atoms with Gasteiger partial charge < -0.3 is 20.0 Å². The van der Waals surface area contributed by atoms with Crippen LogP contribution in [0, 0.1) is 12.8 Å². The van der Waals surface area contributed by atoms with Crippen LogP contribution in [0.1, 0.15) is 37.8 Å². The van der Waals surface area contributed by atoms with E-state index in [1.807, 2.05) is 17.0 Å². The summed E-state index contributed by atoms with van der Waals surface area (Å²) < 4.78 is 0. The third-order valence-corrected chi connectivity index (χ3v) is 5.98. The maximum absolute atomic E-state index is 12.5. The summed E-state index contributed by atoms with van der Waals surface area (Å²) >= 11 is 0. The van der Waals surface area contributed by atoms with Gasteiger partial charge in [-0.2, -0.15) is 0 Å². The normalized spacial score (nSPS) is 19.4. The Balaban J connectivity index is 1.41. The van der Waals surface area contributed by atoms with E-state index in [0.717, 1.165) is 31.5 Å². The highest BCUT2D eigenvalue weighted by Gasteiger charge is 2.28. The molecule has 0 saturated carbocycles. The van der Waals surface area contributed by atoms with Crippen LogP contribution in [-0.2, 0) is 11.3 Å². The smallest absolute Gasteiger partial charge is 0.317 e. The molecule has 2 aliphatic heterocycles. The molecule has 3 amide bonds. The van der Waals surface area contributed by atoms with Gasteiger partial charge in [-0.15, -0.1) is 0 Å². The number of carbonyl (C=O) groups is 2. The van der Waals surface area contributed by atoms with Crippen molar-refractivity contribution in [2.24, 2.45) is 5.92 Å². The molecule has 0 aliphatic carbocycles. The molecule has 0 unspecified atom stereocenters. The van der Waals surface area contributed by atoms with Gasteiger partial charge in [-0.3, -0.25) is 4.79 Å². The summed E-state index contributed by atoms with van der Waals surface area (Å²) in [7, 11) is 0. The Morgan fingerprint density at radius 3 is 2.57 bits per heavy atom. The molecular weight excluding hydrogens is 352 g/mol. The lowest BCUT2D eigenvalue weighted by molar-refractivity contribution is -0.135. The molecule has 6 heteroatoms. The van der Waals surface area contributed by atoms with E-state index in [4.69, 9.17) is 0 Å². The van der Waals surface area contributed by atoms with Gasteiger partial charge in [-0.1, -0.05) is 29.8 Å². The minimum Gasteiger partial charge on any atom is -0.338 e. The van der Waals surface area contributed by atoms with Crippen LogP contribution in [0.3, 0.4) is 0 Å². The van der Waals surface area contributed by atoms with Crippen molar-refractivity contribution in [2.75, 3.05) is 39.3 Å². The van der Waals surface area contributed by atoms with Crippen molar-refractivity contribution >= 4 is 11.9 Å². The summed E-state index contributed by atoms with van der Waals surface area (Å²) in [6, 6.07) is 8.72. The van der Waals surface area contributed by atoms with Gasteiger partial charge in [0.2, 0.25) is 5.91 Å². The first-order valence-electron chi connectivity index (χ1n) is 10.5. The maximum Gasteiger partial charge on any atom is 0.317 e. The summed E-state index contributed by atoms with van der Waals surface area (Å²) in [6.07, 6.45) is 2.25. The molecule has 2 fully saturated rings. The second kappa shape index (κ2) is 9.41. The summed E-state index contributed by atoms with van der Waals surface area (Å²) in [5.74, 6) is 0.561. The number of hydrogen-bond acceptors (Lipinski definition) is 3. The van der Waals surface area contributed by atoms with E-state index in [1.54, 1.807) is 4.90 Å². The minimum absolute atomic E-state index is 0.0214. The number of carbonyl (C=O) groups excluding carboxylic acids is 2. The number of piperazine rings is 1. The van der Waals surface area contributed by atoms with Crippen molar-refractivity contribution in [1.29, 1.82) is 0 Å². The monoisotopic (exact) mass is 386 g/mol. The summed E-state index contributed by atoms with van der Waals surface area (Å²) in [4.78, 5) is 31.0. The zero-order valence-electron chi connectivity index (χ0n) is 17.5. The molecule has 2 aliphatic rings. The molecule has 1 N–H and O–H groups in total. The Kier molecular flexibility index (Phi) is 6.94. The van der Waals surface area contributed by atoms with Crippen molar-refractivity contribution in [3.8, 4) is 0 Å². The molecular formula is C22H34N4O2. The zero-order chi connectivity index (χ0) is 20.1. The van der Waals surface area contributed by atoms with Crippen LogP contribution >= 0.6 is 0 Å². The van der Waals surface area contributed by atoms with E-state index in [-0.39, 0.29) is 18.5 Å². The van der Waals surface area contributed by atoms with Crippen molar-refractivity contribution in [1.82, 2.24) is 20.0 Å². The van der Waals surface area contributed by atoms with Gasteiger partial charge in [0, 0.05) is 32.2 Å². The maximum atomic E-state index is 12.5. The largest absolute Gasteiger partial charge is 0.338 e. The van der Waals surface area contributed by atoms with Crippen LogP contribution < -0.4 is 5.32 Å². The van der Waals surface area contributed by atoms with Gasteiger partial charge in [0.15, 0.2) is 0 Å². The average Bonchev–Trinajstić information content (AvgIpc) is 2.68. The van der Waals surface area contributed by atoms with E-state index >= 15 is 0 Å². The van der Waals surface area contributed by atoms with Crippen LogP contribution in [-0.4, -0.2) is 71.9 Å². The Bertz CT molecular complexity index is 683. The van der Waals surface area contributed by atoms with Crippen LogP contribution in [0.15, 0.2) is 24.3 Å². The highest BCUT2D eigenvalue weighted by Crippen LogP contribution is 2.18. The topological polar surface area (TPSA) is 55.9 Å². The average molecular weight is 387 g/mol. The number of likely N-dealkylation sites (tertiary alicyclic amines) is 1. The molecule has 1 aromatic carbocycles. The molecule has 2 heterocycles. The summed E-state index contributed by atoms with van der Waals surface area (Å²) in [6.45, 7) is 11.4. The number of aryl methyl sites for hydroxylation is 1. The third kappa shape index (κ3) is 5.47. The summed E-state index contributed by atoms with van der Waals surface area (Å²) in [5, 5.41) is 3.06. The first-order chi connectivity index (χ1) is 13.4. The van der Waals surface area contributed by atoms with E-state index in [0.29, 0.717) is 38.1 Å². The highest BCUT2D eigenvalue weighted by molar-refractivity contribution is 5.85. The Labute approximate surface area is 168 Å². The van der Waals surface area contributed by atoms with Crippen molar-refractivity contribution in [3.05, 3.63) is 35.4 Å². The second-order valence-electron chi connectivity index (χ2n) is 8.49. The Hall–Kier alpha value is -2.08. The number of amides is 3. The zero-order valence-corrected chi connectivity index (χ0v) is 17.5. The molecule has 0 bridgehead atoms. The Morgan fingerprint density at radius 2 is 1.93 bits per heavy atom.